The normalized spacial score (nSPS) is 11.0. The summed E-state index contributed by atoms with van der Waals surface area (Å²) < 4.78 is 3.15. The van der Waals surface area contributed by atoms with E-state index in [0.29, 0.717) is 18.8 Å². The lowest BCUT2D eigenvalue weighted by atomic mass is 10.4. The molecule has 0 fully saturated rings. The molecule has 0 saturated heterocycles. The number of carbonyl (C=O) groups excluding carboxylic acids is 1. The smallest absolute Gasteiger partial charge is 0.233 e. The molecular weight excluding hydrogens is 452 g/mol. The molecule has 0 saturated carbocycles. The number of hydrogen-bond donors (Lipinski definition) is 0. The average Bonchev–Trinajstić information content (AvgIpc) is 3.37. The van der Waals surface area contributed by atoms with Crippen molar-refractivity contribution >= 4 is 56.3 Å². The van der Waals surface area contributed by atoms with E-state index in [2.05, 4.69) is 43.7 Å². The fourth-order valence-corrected chi connectivity index (χ4v) is 5.61. The van der Waals surface area contributed by atoms with Gasteiger partial charge in [0, 0.05) is 18.0 Å². The molecule has 3 heterocycles. The first-order valence-electron chi connectivity index (χ1n) is 8.24. The molecule has 26 heavy (non-hydrogen) atoms. The Bertz CT molecular complexity index is 859. The van der Waals surface area contributed by atoms with Crippen LogP contribution >= 0.6 is 50.4 Å². The molecule has 0 aromatic carbocycles. The Morgan fingerprint density at radius 2 is 2.15 bits per heavy atom. The maximum Gasteiger partial charge on any atom is 0.233 e. The van der Waals surface area contributed by atoms with Gasteiger partial charge in [0.1, 0.15) is 0 Å². The topological polar surface area (TPSA) is 51.0 Å². The predicted molar refractivity (Wildman–Crippen MR) is 113 cm³/mol. The van der Waals surface area contributed by atoms with Crippen LogP contribution in [0.2, 0.25) is 0 Å². The Morgan fingerprint density at radius 3 is 2.77 bits per heavy atom. The molecule has 5 nitrogen and oxygen atoms in total. The summed E-state index contributed by atoms with van der Waals surface area (Å²) in [5.74, 6) is 1.35. The van der Waals surface area contributed by atoms with Gasteiger partial charge in [-0.25, -0.2) is 0 Å². The van der Waals surface area contributed by atoms with Gasteiger partial charge in [0.05, 0.1) is 21.0 Å². The monoisotopic (exact) mass is 470 g/mol. The molecule has 0 radical (unpaired) electrons. The van der Waals surface area contributed by atoms with Gasteiger partial charge in [0.15, 0.2) is 11.0 Å². The SMILES string of the molecule is CCN(Cc1ccc(Br)s1)C(=O)CSc1nnc(-c2cccs2)n1CC. The first-order chi connectivity index (χ1) is 12.6. The van der Waals surface area contributed by atoms with Crippen LogP contribution < -0.4 is 0 Å². The van der Waals surface area contributed by atoms with Gasteiger partial charge in [-0.1, -0.05) is 17.8 Å². The van der Waals surface area contributed by atoms with E-state index < -0.39 is 0 Å². The van der Waals surface area contributed by atoms with Gasteiger partial charge >= 0.3 is 0 Å². The quantitative estimate of drug-likeness (QED) is 0.435. The first kappa shape index (κ1) is 19.6. The van der Waals surface area contributed by atoms with Crippen LogP contribution in [0.3, 0.4) is 0 Å². The lowest BCUT2D eigenvalue weighted by molar-refractivity contribution is -0.128. The summed E-state index contributed by atoms with van der Waals surface area (Å²) in [7, 11) is 0. The van der Waals surface area contributed by atoms with Gasteiger partial charge in [0.2, 0.25) is 5.91 Å². The number of thioether (sulfide) groups is 1. The van der Waals surface area contributed by atoms with Crippen molar-refractivity contribution in [3.8, 4) is 10.7 Å². The van der Waals surface area contributed by atoms with Crippen LogP contribution in [0.15, 0.2) is 38.6 Å². The summed E-state index contributed by atoms with van der Waals surface area (Å²) in [6.07, 6.45) is 0. The minimum atomic E-state index is 0.116. The second-order valence-corrected chi connectivity index (χ2v) is 9.87. The van der Waals surface area contributed by atoms with E-state index in [-0.39, 0.29) is 5.91 Å². The van der Waals surface area contributed by atoms with Crippen LogP contribution in [0.25, 0.3) is 10.7 Å². The van der Waals surface area contributed by atoms with Crippen LogP contribution in [-0.4, -0.2) is 37.9 Å². The van der Waals surface area contributed by atoms with Crippen molar-refractivity contribution in [1.29, 1.82) is 0 Å². The summed E-state index contributed by atoms with van der Waals surface area (Å²) in [5, 5.41) is 11.4. The van der Waals surface area contributed by atoms with E-state index in [1.807, 2.05) is 35.4 Å². The number of halogens is 1. The van der Waals surface area contributed by atoms with E-state index in [1.165, 1.54) is 16.6 Å². The fraction of sp³-hybridized carbons (Fsp3) is 0.353. The zero-order valence-electron chi connectivity index (χ0n) is 14.5. The number of nitrogens with zero attached hydrogens (tertiary/aromatic N) is 4. The van der Waals surface area contributed by atoms with Crippen LogP contribution in [0.4, 0.5) is 0 Å². The lowest BCUT2D eigenvalue weighted by Crippen LogP contribution is -2.31. The van der Waals surface area contributed by atoms with Gasteiger partial charge in [-0.2, -0.15) is 0 Å². The van der Waals surface area contributed by atoms with E-state index in [4.69, 9.17) is 0 Å². The van der Waals surface area contributed by atoms with Crippen LogP contribution in [0.5, 0.6) is 0 Å². The van der Waals surface area contributed by atoms with Gasteiger partial charge in [-0.3, -0.25) is 4.79 Å². The number of carbonyl (C=O) groups is 1. The minimum Gasteiger partial charge on any atom is -0.337 e. The number of aromatic nitrogens is 3. The van der Waals surface area contributed by atoms with Crippen molar-refractivity contribution in [3.63, 3.8) is 0 Å². The van der Waals surface area contributed by atoms with Gasteiger partial charge < -0.3 is 9.47 Å². The third-order valence-electron chi connectivity index (χ3n) is 3.81. The summed E-state index contributed by atoms with van der Waals surface area (Å²) in [5.41, 5.74) is 0. The molecule has 1 amide bonds. The highest BCUT2D eigenvalue weighted by molar-refractivity contribution is 9.11. The maximum absolute atomic E-state index is 12.6. The molecule has 9 heteroatoms. The molecule has 138 valence electrons. The van der Waals surface area contributed by atoms with Crippen molar-refractivity contribution < 1.29 is 4.79 Å². The Labute approximate surface area is 173 Å². The van der Waals surface area contributed by atoms with Crippen molar-refractivity contribution in [2.45, 2.75) is 32.1 Å². The van der Waals surface area contributed by atoms with E-state index in [9.17, 15) is 4.79 Å². The zero-order valence-corrected chi connectivity index (χ0v) is 18.6. The molecule has 0 atom stereocenters. The Hall–Kier alpha value is -1.16. The summed E-state index contributed by atoms with van der Waals surface area (Å²) in [4.78, 5) is 16.8. The van der Waals surface area contributed by atoms with Crippen molar-refractivity contribution in [2.75, 3.05) is 12.3 Å². The van der Waals surface area contributed by atoms with E-state index in [1.54, 1.807) is 22.7 Å². The van der Waals surface area contributed by atoms with E-state index >= 15 is 0 Å². The van der Waals surface area contributed by atoms with Crippen LogP contribution in [0, 0.1) is 0 Å². The molecule has 0 aliphatic rings. The summed E-state index contributed by atoms with van der Waals surface area (Å²) in [6.45, 7) is 6.19. The van der Waals surface area contributed by atoms with E-state index in [0.717, 1.165) is 26.2 Å². The largest absolute Gasteiger partial charge is 0.337 e. The number of rotatable bonds is 8. The molecule has 3 aromatic rings. The molecular formula is C17H19BrN4OS3. The number of amides is 1. The van der Waals surface area contributed by atoms with Gasteiger partial charge in [0.25, 0.3) is 0 Å². The van der Waals surface area contributed by atoms with Crippen molar-refractivity contribution in [3.05, 3.63) is 38.3 Å². The average molecular weight is 471 g/mol. The third kappa shape index (κ3) is 4.57. The van der Waals surface area contributed by atoms with Crippen molar-refractivity contribution in [1.82, 2.24) is 19.7 Å². The maximum atomic E-state index is 12.6. The number of hydrogen-bond acceptors (Lipinski definition) is 6. The number of thiophene rings is 2. The predicted octanol–water partition coefficient (Wildman–Crippen LogP) is 4.99. The third-order valence-corrected chi connectivity index (χ3v) is 7.24. The second-order valence-electron chi connectivity index (χ2n) is 5.43. The highest BCUT2D eigenvalue weighted by atomic mass is 79.9. The van der Waals surface area contributed by atoms with Crippen LogP contribution in [-0.2, 0) is 17.9 Å². The molecule has 3 aromatic heterocycles. The van der Waals surface area contributed by atoms with Crippen molar-refractivity contribution in [2.24, 2.45) is 0 Å². The highest BCUT2D eigenvalue weighted by Gasteiger charge is 2.18. The fourth-order valence-electron chi connectivity index (χ4n) is 2.49. The molecule has 3 rings (SSSR count). The first-order valence-corrected chi connectivity index (χ1v) is 11.7. The van der Waals surface area contributed by atoms with Crippen LogP contribution in [0.1, 0.15) is 18.7 Å². The molecule has 0 bridgehead atoms. The molecule has 0 aliphatic heterocycles. The second kappa shape index (κ2) is 9.16. The van der Waals surface area contributed by atoms with Gasteiger partial charge in [-0.05, 0) is 53.4 Å². The summed E-state index contributed by atoms with van der Waals surface area (Å²) >= 11 is 8.23. The Morgan fingerprint density at radius 1 is 1.31 bits per heavy atom. The standard InChI is InChI=1S/C17H19BrN4OS3/c1-3-21(10-12-7-8-14(18)26-12)15(23)11-25-17-20-19-16(22(17)4-2)13-6-5-9-24-13/h5-9H,3-4,10-11H2,1-2H3. The minimum absolute atomic E-state index is 0.116. The Balaban J connectivity index is 1.65. The molecule has 0 spiro atoms. The summed E-state index contributed by atoms with van der Waals surface area (Å²) in [6, 6.07) is 8.12. The zero-order chi connectivity index (χ0) is 18.5. The Kier molecular flexibility index (Phi) is 6.91. The lowest BCUT2D eigenvalue weighted by Gasteiger charge is -2.19. The molecule has 0 aliphatic carbocycles. The highest BCUT2D eigenvalue weighted by Crippen LogP contribution is 2.28. The molecule has 0 N–H and O–H groups in total. The molecule has 0 unspecified atom stereocenters. The van der Waals surface area contributed by atoms with Gasteiger partial charge in [-0.15, -0.1) is 32.9 Å².